The smallest absolute Gasteiger partial charge is 0.184 e. The monoisotopic (exact) mass is 487 g/mol. The van der Waals surface area contributed by atoms with Crippen molar-refractivity contribution in [3.63, 3.8) is 0 Å². The van der Waals surface area contributed by atoms with Crippen molar-refractivity contribution in [3.8, 4) is 0 Å². The lowest BCUT2D eigenvalue weighted by Gasteiger charge is -2.38. The maximum absolute atomic E-state index is 15.3. The van der Waals surface area contributed by atoms with Crippen LogP contribution in [0.25, 0.3) is 0 Å². The maximum atomic E-state index is 15.3. The number of piperazine rings is 1. The van der Waals surface area contributed by atoms with Crippen molar-refractivity contribution >= 4 is 40.6 Å². The minimum atomic E-state index is -0.303. The summed E-state index contributed by atoms with van der Waals surface area (Å²) < 4.78 is 28.9. The van der Waals surface area contributed by atoms with Gasteiger partial charge in [-0.25, -0.2) is 8.78 Å². The standard InChI is InChI=1S/C24H31F2N7S/c1-30(2)20-6-7-33(16-20)22-14-23(21(26)12-17(22)15-28-29-24(27)34)32-10-8-31(9-11-32)19-5-3-4-18(25)13-19/h3-5,12-15,20H,6-11,16H2,1-2H3,(H3,27,29,34)/b28-15+/t20-/m1/s1. The molecular weight excluding hydrogens is 456 g/mol. The summed E-state index contributed by atoms with van der Waals surface area (Å²) >= 11 is 4.81. The summed E-state index contributed by atoms with van der Waals surface area (Å²) in [7, 11) is 4.16. The summed E-state index contributed by atoms with van der Waals surface area (Å²) in [5, 5.41) is 4.12. The molecule has 4 rings (SSSR count). The van der Waals surface area contributed by atoms with Gasteiger partial charge in [0.1, 0.15) is 11.6 Å². The first-order valence-corrected chi connectivity index (χ1v) is 11.8. The average molecular weight is 488 g/mol. The number of hydrogen-bond acceptors (Lipinski definition) is 6. The molecule has 3 N–H and O–H groups in total. The lowest BCUT2D eigenvalue weighted by Crippen LogP contribution is -2.47. The van der Waals surface area contributed by atoms with E-state index in [0.717, 1.165) is 30.9 Å². The highest BCUT2D eigenvalue weighted by molar-refractivity contribution is 7.80. The molecule has 7 nitrogen and oxygen atoms in total. The quantitative estimate of drug-likeness (QED) is 0.369. The Bertz CT molecular complexity index is 1050. The third-order valence-corrected chi connectivity index (χ3v) is 6.59. The molecule has 0 aromatic heterocycles. The van der Waals surface area contributed by atoms with E-state index in [1.54, 1.807) is 12.3 Å². The number of nitrogens with zero attached hydrogens (tertiary/aromatic N) is 5. The lowest BCUT2D eigenvalue weighted by atomic mass is 10.1. The van der Waals surface area contributed by atoms with E-state index in [4.69, 9.17) is 18.0 Å². The van der Waals surface area contributed by atoms with E-state index in [1.807, 2.05) is 12.1 Å². The molecule has 0 radical (unpaired) electrons. The van der Waals surface area contributed by atoms with Crippen LogP contribution in [0, 0.1) is 11.6 Å². The molecule has 2 saturated heterocycles. The van der Waals surface area contributed by atoms with Crippen LogP contribution in [0.4, 0.5) is 25.8 Å². The Morgan fingerprint density at radius 2 is 1.79 bits per heavy atom. The summed E-state index contributed by atoms with van der Waals surface area (Å²) in [6, 6.07) is 10.5. The van der Waals surface area contributed by atoms with Crippen LogP contribution in [-0.2, 0) is 0 Å². The van der Waals surface area contributed by atoms with Crippen molar-refractivity contribution in [3.05, 3.63) is 53.6 Å². The largest absolute Gasteiger partial charge is 0.375 e. The lowest BCUT2D eigenvalue weighted by molar-refractivity contribution is 0.315. The fraction of sp³-hybridized carbons (Fsp3) is 0.417. The zero-order chi connectivity index (χ0) is 24.2. The van der Waals surface area contributed by atoms with Crippen molar-refractivity contribution in [1.29, 1.82) is 0 Å². The van der Waals surface area contributed by atoms with Gasteiger partial charge >= 0.3 is 0 Å². The molecule has 0 spiro atoms. The molecule has 2 aromatic rings. The molecule has 0 unspecified atom stereocenters. The summed E-state index contributed by atoms with van der Waals surface area (Å²) in [6.07, 6.45) is 2.60. The Morgan fingerprint density at radius 1 is 1.06 bits per heavy atom. The second-order valence-corrected chi connectivity index (χ2v) is 9.34. The van der Waals surface area contributed by atoms with Crippen LogP contribution < -0.4 is 25.9 Å². The number of anilines is 3. The fourth-order valence-corrected chi connectivity index (χ4v) is 4.66. The normalized spacial score (nSPS) is 18.9. The molecule has 0 aliphatic carbocycles. The van der Waals surface area contributed by atoms with Crippen molar-refractivity contribution in [1.82, 2.24) is 10.3 Å². The predicted molar refractivity (Wildman–Crippen MR) is 139 cm³/mol. The first-order valence-electron chi connectivity index (χ1n) is 11.4. The second kappa shape index (κ2) is 10.5. The SMILES string of the molecule is CN(C)[C@@H]1CCN(c2cc(N3CCN(c4cccc(F)c4)CC3)c(F)cc2/C=N/NC(N)=S)C1. The van der Waals surface area contributed by atoms with Crippen molar-refractivity contribution < 1.29 is 8.78 Å². The molecule has 2 fully saturated rings. The van der Waals surface area contributed by atoms with Crippen LogP contribution in [0.5, 0.6) is 0 Å². The summed E-state index contributed by atoms with van der Waals surface area (Å²) in [6.45, 7) is 4.39. The minimum Gasteiger partial charge on any atom is -0.375 e. The van der Waals surface area contributed by atoms with Gasteiger partial charge < -0.3 is 25.3 Å². The van der Waals surface area contributed by atoms with Gasteiger partial charge in [-0.1, -0.05) is 6.07 Å². The highest BCUT2D eigenvalue weighted by Gasteiger charge is 2.28. The summed E-state index contributed by atoms with van der Waals surface area (Å²) in [4.78, 5) is 8.68. The van der Waals surface area contributed by atoms with Gasteiger partial charge in [0, 0.05) is 62.2 Å². The highest BCUT2D eigenvalue weighted by Crippen LogP contribution is 2.33. The van der Waals surface area contributed by atoms with E-state index >= 15 is 4.39 Å². The Kier molecular flexibility index (Phi) is 7.47. The zero-order valence-corrected chi connectivity index (χ0v) is 20.4. The molecule has 10 heteroatoms. The van der Waals surface area contributed by atoms with E-state index in [0.29, 0.717) is 43.5 Å². The van der Waals surface area contributed by atoms with Crippen LogP contribution >= 0.6 is 12.2 Å². The van der Waals surface area contributed by atoms with Gasteiger partial charge in [-0.3, -0.25) is 5.43 Å². The number of nitrogens with two attached hydrogens (primary N) is 1. The molecule has 2 aliphatic heterocycles. The molecule has 2 aliphatic rings. The van der Waals surface area contributed by atoms with Gasteiger partial charge in [-0.2, -0.15) is 5.10 Å². The average Bonchev–Trinajstić information content (AvgIpc) is 3.30. The maximum Gasteiger partial charge on any atom is 0.184 e. The minimum absolute atomic E-state index is 0.0555. The third-order valence-electron chi connectivity index (χ3n) is 6.50. The van der Waals surface area contributed by atoms with Crippen molar-refractivity contribution in [2.24, 2.45) is 10.8 Å². The molecule has 0 bridgehead atoms. The third kappa shape index (κ3) is 5.56. The highest BCUT2D eigenvalue weighted by atomic mass is 32.1. The van der Waals surface area contributed by atoms with Gasteiger partial charge in [0.15, 0.2) is 5.11 Å². The summed E-state index contributed by atoms with van der Waals surface area (Å²) in [5.41, 5.74) is 11.0. The Labute approximate surface area is 204 Å². The Hall–Kier alpha value is -2.98. The van der Waals surface area contributed by atoms with Crippen LogP contribution in [0.15, 0.2) is 41.5 Å². The van der Waals surface area contributed by atoms with Gasteiger partial charge in [0.25, 0.3) is 0 Å². The van der Waals surface area contributed by atoms with Gasteiger partial charge in [-0.15, -0.1) is 0 Å². The molecule has 182 valence electrons. The zero-order valence-electron chi connectivity index (χ0n) is 19.5. The number of thiocarbonyl (C=S) groups is 1. The number of likely N-dealkylation sites (N-methyl/N-ethyl adjacent to an activating group) is 1. The van der Waals surface area contributed by atoms with Crippen molar-refractivity contribution in [2.75, 3.05) is 68.1 Å². The van der Waals surface area contributed by atoms with Gasteiger partial charge in [0.05, 0.1) is 11.9 Å². The second-order valence-electron chi connectivity index (χ2n) is 8.90. The molecule has 2 heterocycles. The molecule has 1 atom stereocenters. The Morgan fingerprint density at radius 3 is 2.44 bits per heavy atom. The van der Waals surface area contributed by atoms with Crippen LogP contribution in [0.1, 0.15) is 12.0 Å². The van der Waals surface area contributed by atoms with E-state index in [1.165, 1.54) is 18.2 Å². The predicted octanol–water partition coefficient (Wildman–Crippen LogP) is 2.60. The van der Waals surface area contributed by atoms with E-state index in [-0.39, 0.29) is 16.7 Å². The molecular formula is C24H31F2N7S. The van der Waals surface area contributed by atoms with Crippen molar-refractivity contribution in [2.45, 2.75) is 12.5 Å². The van der Waals surface area contributed by atoms with E-state index in [9.17, 15) is 4.39 Å². The number of hydrogen-bond donors (Lipinski definition) is 2. The van der Waals surface area contributed by atoms with Crippen LogP contribution in [0.2, 0.25) is 0 Å². The van der Waals surface area contributed by atoms with Crippen LogP contribution in [0.3, 0.4) is 0 Å². The number of halogens is 2. The number of rotatable bonds is 6. The molecule has 0 saturated carbocycles. The topological polar surface area (TPSA) is 63.4 Å². The molecule has 0 amide bonds. The first-order chi connectivity index (χ1) is 16.3. The number of nitrogens with one attached hydrogen (secondary N) is 1. The van der Waals surface area contributed by atoms with Gasteiger partial charge in [0.2, 0.25) is 0 Å². The van der Waals surface area contributed by atoms with Crippen LogP contribution in [-0.4, -0.2) is 75.6 Å². The molecule has 2 aromatic carbocycles. The molecule has 34 heavy (non-hydrogen) atoms. The Balaban J connectivity index is 1.57. The number of benzene rings is 2. The number of hydrazone groups is 1. The summed E-state index contributed by atoms with van der Waals surface area (Å²) in [5.74, 6) is -0.553. The van der Waals surface area contributed by atoms with Gasteiger partial charge in [-0.05, 0) is 63.1 Å². The van der Waals surface area contributed by atoms with E-state index < -0.39 is 0 Å². The first kappa shape index (κ1) is 24.2. The van der Waals surface area contributed by atoms with E-state index in [2.05, 4.69) is 44.2 Å². The fourth-order valence-electron chi connectivity index (χ4n) is 4.61.